The molecule has 1 aromatic carbocycles. The molecule has 0 bridgehead atoms. The van der Waals surface area contributed by atoms with Gasteiger partial charge < -0.3 is 19.0 Å². The molecule has 3 atom stereocenters. The zero-order chi connectivity index (χ0) is 17.6. The Kier molecular flexibility index (Phi) is 7.69. The number of nitro groups is 1. The van der Waals surface area contributed by atoms with E-state index in [1.54, 1.807) is 19.1 Å². The highest BCUT2D eigenvalue weighted by Crippen LogP contribution is 2.48. The van der Waals surface area contributed by atoms with Crippen LogP contribution in [0, 0.1) is 10.1 Å². The Hall–Kier alpha value is -0.930. The van der Waals surface area contributed by atoms with Gasteiger partial charge in [-0.05, 0) is 36.8 Å². The Bertz CT molecular complexity index is 600. The lowest BCUT2D eigenvalue weighted by atomic mass is 10.0. The maximum absolute atomic E-state index is 11.2. The fraction of sp³-hybridized carbons (Fsp3) is 0.538. The van der Waals surface area contributed by atoms with E-state index < -0.39 is 24.0 Å². The molecule has 23 heavy (non-hydrogen) atoms. The highest BCUT2D eigenvalue weighted by molar-refractivity contribution is 8.07. The lowest BCUT2D eigenvalue weighted by molar-refractivity contribution is -0.386. The van der Waals surface area contributed by atoms with Crippen molar-refractivity contribution in [1.29, 1.82) is 0 Å². The van der Waals surface area contributed by atoms with Crippen LogP contribution in [0.15, 0.2) is 18.2 Å². The van der Waals surface area contributed by atoms with Crippen molar-refractivity contribution in [2.45, 2.75) is 39.1 Å². The first kappa shape index (κ1) is 20.1. The van der Waals surface area contributed by atoms with E-state index in [1.165, 1.54) is 13.2 Å². The molecule has 0 spiro atoms. The van der Waals surface area contributed by atoms with Gasteiger partial charge in [0.2, 0.25) is 0 Å². The van der Waals surface area contributed by atoms with Crippen LogP contribution in [-0.4, -0.2) is 28.3 Å². The largest absolute Gasteiger partial charge is 0.379 e. The smallest absolute Gasteiger partial charge is 0.324 e. The minimum atomic E-state index is -3.44. The number of aliphatic hydroxyl groups excluding tert-OH is 1. The van der Waals surface area contributed by atoms with Crippen molar-refractivity contribution in [3.63, 3.8) is 0 Å². The Balaban J connectivity index is 3.05. The van der Waals surface area contributed by atoms with E-state index in [-0.39, 0.29) is 11.3 Å². The predicted molar refractivity (Wildman–Crippen MR) is 89.2 cm³/mol. The zero-order valence-electron chi connectivity index (χ0n) is 13.1. The maximum atomic E-state index is 11.2. The van der Waals surface area contributed by atoms with Gasteiger partial charge in [-0.15, -0.1) is 0 Å². The number of nitrogens with zero attached hydrogens (tertiary/aromatic N) is 1. The first-order chi connectivity index (χ1) is 10.7. The average Bonchev–Trinajstić information content (AvgIpc) is 2.51. The van der Waals surface area contributed by atoms with Gasteiger partial charge >= 0.3 is 6.72 Å². The van der Waals surface area contributed by atoms with Crippen molar-refractivity contribution in [1.82, 2.24) is 5.32 Å². The molecule has 0 aromatic heterocycles. The first-order valence-electron chi connectivity index (χ1n) is 6.95. The zero-order valence-corrected chi connectivity index (χ0v) is 14.8. The summed E-state index contributed by atoms with van der Waals surface area (Å²) in [6.45, 7) is 0.276. The summed E-state index contributed by atoms with van der Waals surface area (Å²) in [6.07, 6.45) is -0.928. The highest BCUT2D eigenvalue weighted by Gasteiger charge is 2.25. The predicted octanol–water partition coefficient (Wildman–Crippen LogP) is 2.35. The van der Waals surface area contributed by atoms with E-state index in [0.29, 0.717) is 13.0 Å². The normalized spacial score (nSPS) is 16.6. The lowest BCUT2D eigenvalue weighted by Gasteiger charge is -2.20. The molecule has 1 rings (SSSR count). The van der Waals surface area contributed by atoms with E-state index >= 15 is 0 Å². The van der Waals surface area contributed by atoms with Gasteiger partial charge in [0.1, 0.15) is 6.23 Å². The molecule has 0 saturated heterocycles. The van der Waals surface area contributed by atoms with Crippen LogP contribution in [0.25, 0.3) is 0 Å². The number of rotatable bonds is 9. The van der Waals surface area contributed by atoms with E-state index in [2.05, 4.69) is 5.32 Å². The van der Waals surface area contributed by atoms with Crippen LogP contribution in [0.4, 0.5) is 5.69 Å². The summed E-state index contributed by atoms with van der Waals surface area (Å²) in [5, 5.41) is 23.6. The minimum Gasteiger partial charge on any atom is -0.379 e. The Morgan fingerprint density at radius 3 is 2.70 bits per heavy atom. The maximum Gasteiger partial charge on any atom is 0.324 e. The van der Waals surface area contributed by atoms with Crippen LogP contribution in [0.2, 0.25) is 0 Å². The summed E-state index contributed by atoms with van der Waals surface area (Å²) >= 11 is 4.77. The van der Waals surface area contributed by atoms with E-state index in [9.17, 15) is 20.1 Å². The average molecular weight is 364 g/mol. The molecule has 0 aliphatic carbocycles. The number of aliphatic hydroxyl groups is 1. The van der Waals surface area contributed by atoms with Gasteiger partial charge in [-0.3, -0.25) is 15.4 Å². The Morgan fingerprint density at radius 1 is 1.52 bits per heavy atom. The monoisotopic (exact) mass is 364 g/mol. The minimum absolute atomic E-state index is 0.136. The summed E-state index contributed by atoms with van der Waals surface area (Å²) in [5.74, 6) is 0. The molecule has 0 aliphatic rings. The summed E-state index contributed by atoms with van der Waals surface area (Å²) in [7, 11) is 1.22. The van der Waals surface area contributed by atoms with Gasteiger partial charge in [0.25, 0.3) is 5.69 Å². The third-order valence-corrected chi connectivity index (χ3v) is 4.93. The van der Waals surface area contributed by atoms with Crippen LogP contribution in [0.1, 0.15) is 37.5 Å². The number of hydrogen-bond donors (Lipinski definition) is 3. The molecule has 130 valence electrons. The standard InChI is InChI=1S/C13H21N2O6PS/c1-4-13(16)14-8-10-5-6-12(15(17)18)11(7-10)9(2)21-22(19,23)20-3/h5-7,9,13-14,16H,4,8H2,1-3H3,(H,19,23). The highest BCUT2D eigenvalue weighted by atomic mass is 32.5. The fourth-order valence-corrected chi connectivity index (χ4v) is 2.87. The van der Waals surface area contributed by atoms with Crippen molar-refractivity contribution in [3.8, 4) is 0 Å². The molecular formula is C13H21N2O6PS. The molecule has 0 heterocycles. The molecule has 0 aliphatic heterocycles. The van der Waals surface area contributed by atoms with Gasteiger partial charge in [-0.25, -0.2) is 0 Å². The number of benzene rings is 1. The van der Waals surface area contributed by atoms with Gasteiger partial charge in [0.05, 0.1) is 16.6 Å². The van der Waals surface area contributed by atoms with E-state index in [0.717, 1.165) is 5.56 Å². The molecule has 3 N–H and O–H groups in total. The molecule has 0 radical (unpaired) electrons. The SMILES string of the molecule is CCC(O)NCc1ccc([N+](=O)[O-])c(C(C)OP(O)(=S)OC)c1. The molecule has 10 heteroatoms. The van der Waals surface area contributed by atoms with Crippen LogP contribution < -0.4 is 5.32 Å². The van der Waals surface area contributed by atoms with Crippen molar-refractivity contribution in [3.05, 3.63) is 39.4 Å². The number of hydrogen-bond acceptors (Lipinski definition) is 7. The number of nitro benzene ring substituents is 1. The molecule has 3 unspecified atom stereocenters. The molecule has 8 nitrogen and oxygen atoms in total. The van der Waals surface area contributed by atoms with Gasteiger partial charge in [-0.1, -0.05) is 13.0 Å². The fourth-order valence-electron chi connectivity index (χ4n) is 1.89. The number of nitrogens with one attached hydrogen (secondary N) is 1. The van der Waals surface area contributed by atoms with Gasteiger partial charge in [0, 0.05) is 19.7 Å². The second-order valence-corrected chi connectivity index (χ2v) is 7.75. The summed E-state index contributed by atoms with van der Waals surface area (Å²) in [5.41, 5.74) is 0.876. The van der Waals surface area contributed by atoms with Crippen LogP contribution in [0.3, 0.4) is 0 Å². The molecular weight excluding hydrogens is 343 g/mol. The molecule has 0 amide bonds. The first-order valence-corrected chi connectivity index (χ1v) is 9.54. The molecule has 0 saturated carbocycles. The third-order valence-electron chi connectivity index (χ3n) is 3.18. The summed E-state index contributed by atoms with van der Waals surface area (Å²) < 4.78 is 9.95. The van der Waals surface area contributed by atoms with Crippen LogP contribution in [0.5, 0.6) is 0 Å². The van der Waals surface area contributed by atoms with Crippen molar-refractivity contribution >= 4 is 24.2 Å². The van der Waals surface area contributed by atoms with Crippen molar-refractivity contribution in [2.24, 2.45) is 0 Å². The van der Waals surface area contributed by atoms with Crippen LogP contribution >= 0.6 is 6.72 Å². The summed E-state index contributed by atoms with van der Waals surface area (Å²) in [6, 6.07) is 4.54. The van der Waals surface area contributed by atoms with Crippen molar-refractivity contribution in [2.75, 3.05) is 7.11 Å². The van der Waals surface area contributed by atoms with E-state index in [1.807, 2.05) is 6.92 Å². The molecule has 1 aromatic rings. The van der Waals surface area contributed by atoms with Gasteiger partial charge in [-0.2, -0.15) is 0 Å². The lowest BCUT2D eigenvalue weighted by Crippen LogP contribution is -2.27. The van der Waals surface area contributed by atoms with Crippen molar-refractivity contribution < 1.29 is 24.0 Å². The Labute approximate surface area is 139 Å². The van der Waals surface area contributed by atoms with Crippen LogP contribution in [-0.2, 0) is 27.4 Å². The third kappa shape index (κ3) is 6.23. The quantitative estimate of drug-likeness (QED) is 0.265. The second kappa shape index (κ2) is 8.79. The second-order valence-electron chi connectivity index (χ2n) is 4.85. The van der Waals surface area contributed by atoms with Gasteiger partial charge in [0.15, 0.2) is 0 Å². The topological polar surface area (TPSA) is 114 Å². The van der Waals surface area contributed by atoms with E-state index in [4.69, 9.17) is 20.9 Å². The molecule has 0 fully saturated rings. The Morgan fingerprint density at radius 2 is 2.17 bits per heavy atom. The summed E-state index contributed by atoms with van der Waals surface area (Å²) in [4.78, 5) is 20.4.